The van der Waals surface area contributed by atoms with Gasteiger partial charge in [0.05, 0.1) is 13.0 Å². The van der Waals surface area contributed by atoms with Crippen LogP contribution in [0.4, 0.5) is 4.39 Å². The molecule has 1 N–H and O–H groups in total. The van der Waals surface area contributed by atoms with Gasteiger partial charge >= 0.3 is 5.97 Å². The zero-order valence-electron chi connectivity index (χ0n) is 20.5. The van der Waals surface area contributed by atoms with Crippen LogP contribution >= 0.6 is 0 Å². The van der Waals surface area contributed by atoms with E-state index >= 15 is 0 Å². The minimum atomic E-state index is -0.773. The van der Waals surface area contributed by atoms with E-state index in [4.69, 9.17) is 9.47 Å². The molecule has 0 saturated carbocycles. The zero-order chi connectivity index (χ0) is 25.7. The smallest absolute Gasteiger partial charge is 0.309 e. The summed E-state index contributed by atoms with van der Waals surface area (Å²) in [7, 11) is 1.37. The highest BCUT2D eigenvalue weighted by molar-refractivity contribution is 5.99. The van der Waals surface area contributed by atoms with Gasteiger partial charge in [0.2, 0.25) is 0 Å². The lowest BCUT2D eigenvalue weighted by atomic mass is 9.84. The van der Waals surface area contributed by atoms with E-state index < -0.39 is 23.8 Å². The number of hydrogen-bond donors (Lipinski definition) is 1. The number of aromatic nitrogens is 1. The lowest BCUT2D eigenvalue weighted by Crippen LogP contribution is -2.28. The van der Waals surface area contributed by atoms with Gasteiger partial charge in [-0.15, -0.1) is 0 Å². The molecule has 6 nitrogen and oxygen atoms in total. The summed E-state index contributed by atoms with van der Waals surface area (Å²) in [5.74, 6) is -2.71. The van der Waals surface area contributed by atoms with Gasteiger partial charge in [0.1, 0.15) is 11.9 Å². The first-order valence-corrected chi connectivity index (χ1v) is 11.4. The van der Waals surface area contributed by atoms with Crippen LogP contribution in [0.1, 0.15) is 58.9 Å². The summed E-state index contributed by atoms with van der Waals surface area (Å²) >= 11 is 0. The number of hydrogen-bond acceptors (Lipinski definition) is 6. The number of nitrogens with zero attached hydrogens (tertiary/aromatic N) is 1. The van der Waals surface area contributed by atoms with Crippen molar-refractivity contribution >= 4 is 11.8 Å². The van der Waals surface area contributed by atoms with Crippen LogP contribution in [-0.4, -0.2) is 35.1 Å². The van der Waals surface area contributed by atoms with E-state index in [0.717, 1.165) is 22.3 Å². The molecule has 0 aliphatic rings. The standard InChI is InChI=1S/C28H30FNO5/c1-16-6-8-20(9-7-16)25(22-11-10-21(29)14-17(22)2)19(4)35-28(33)18(3)15-23(31)26-27(32)24(34-5)12-13-30-26/h6-14,18-19,25,32H,15H2,1-5H3/t18-,19+,25+/m1/s1. The number of esters is 1. The van der Waals surface area contributed by atoms with Crippen molar-refractivity contribution in [2.24, 2.45) is 5.92 Å². The Bertz CT molecular complexity index is 1210. The summed E-state index contributed by atoms with van der Waals surface area (Å²) < 4.78 is 24.6. The number of Topliss-reactive ketones (excluding diaryl/α,β-unsaturated/α-hetero) is 1. The van der Waals surface area contributed by atoms with Gasteiger partial charge in [0.15, 0.2) is 23.0 Å². The molecular formula is C28H30FNO5. The average Bonchev–Trinajstić information content (AvgIpc) is 2.81. The molecule has 0 bridgehead atoms. The van der Waals surface area contributed by atoms with Crippen molar-refractivity contribution in [2.75, 3.05) is 7.11 Å². The topological polar surface area (TPSA) is 85.7 Å². The van der Waals surface area contributed by atoms with Crippen LogP contribution in [0.15, 0.2) is 54.7 Å². The van der Waals surface area contributed by atoms with Crippen molar-refractivity contribution < 1.29 is 28.6 Å². The van der Waals surface area contributed by atoms with Crippen molar-refractivity contribution in [3.05, 3.63) is 88.5 Å². The van der Waals surface area contributed by atoms with Crippen LogP contribution in [0.3, 0.4) is 0 Å². The first kappa shape index (κ1) is 25.9. The number of aromatic hydroxyl groups is 1. The van der Waals surface area contributed by atoms with Gasteiger partial charge in [-0.25, -0.2) is 9.37 Å². The van der Waals surface area contributed by atoms with Crippen molar-refractivity contribution in [1.82, 2.24) is 4.98 Å². The summed E-state index contributed by atoms with van der Waals surface area (Å²) in [5.41, 5.74) is 3.47. The van der Waals surface area contributed by atoms with Gasteiger partial charge < -0.3 is 14.6 Å². The maximum atomic E-state index is 13.8. The normalized spacial score (nSPS) is 13.5. The lowest BCUT2D eigenvalue weighted by Gasteiger charge is -2.27. The molecule has 3 aromatic rings. The van der Waals surface area contributed by atoms with Crippen LogP contribution in [0.25, 0.3) is 0 Å². The Morgan fingerprint density at radius 2 is 1.74 bits per heavy atom. The van der Waals surface area contributed by atoms with E-state index in [0.29, 0.717) is 0 Å². The van der Waals surface area contributed by atoms with Gasteiger partial charge in [0.25, 0.3) is 0 Å². The Hall–Kier alpha value is -3.74. The number of carbonyl (C=O) groups is 2. The molecular weight excluding hydrogens is 449 g/mol. The fraction of sp³-hybridized carbons (Fsp3) is 0.321. The SMILES string of the molecule is COc1ccnc(C(=O)C[C@@H](C)C(=O)O[C@@H](C)[C@@H](c2ccc(C)cc2)c2ccc(F)cc2C)c1O. The Labute approximate surface area is 204 Å². The van der Waals surface area contributed by atoms with Crippen molar-refractivity contribution in [3.63, 3.8) is 0 Å². The van der Waals surface area contributed by atoms with Gasteiger partial charge in [-0.1, -0.05) is 42.8 Å². The fourth-order valence-corrected chi connectivity index (χ4v) is 4.10. The van der Waals surface area contributed by atoms with Gasteiger partial charge in [-0.05, 0) is 49.6 Å². The largest absolute Gasteiger partial charge is 0.503 e. The number of pyridine rings is 1. The van der Waals surface area contributed by atoms with Crippen LogP contribution in [0, 0.1) is 25.6 Å². The highest BCUT2D eigenvalue weighted by Crippen LogP contribution is 2.34. The first-order chi connectivity index (χ1) is 16.6. The second-order valence-corrected chi connectivity index (χ2v) is 8.77. The maximum absolute atomic E-state index is 13.8. The Balaban J connectivity index is 1.80. The van der Waals surface area contributed by atoms with Crippen LogP contribution in [0.5, 0.6) is 11.5 Å². The van der Waals surface area contributed by atoms with E-state index in [1.807, 2.05) is 38.1 Å². The number of benzene rings is 2. The van der Waals surface area contributed by atoms with Crippen LogP contribution in [-0.2, 0) is 9.53 Å². The molecule has 0 unspecified atom stereocenters. The number of ketones is 1. The molecule has 0 amide bonds. The van der Waals surface area contributed by atoms with Crippen LogP contribution < -0.4 is 4.74 Å². The van der Waals surface area contributed by atoms with E-state index in [1.54, 1.807) is 19.9 Å². The molecule has 0 aliphatic carbocycles. The predicted octanol–water partition coefficient (Wildman–Crippen LogP) is 5.52. The Morgan fingerprint density at radius 3 is 2.37 bits per heavy atom. The van der Waals surface area contributed by atoms with E-state index in [2.05, 4.69) is 4.98 Å². The molecule has 184 valence electrons. The summed E-state index contributed by atoms with van der Waals surface area (Å²) in [6, 6.07) is 13.9. The van der Waals surface area contributed by atoms with Crippen LogP contribution in [0.2, 0.25) is 0 Å². The molecule has 3 atom stereocenters. The molecule has 2 aromatic carbocycles. The molecule has 1 aromatic heterocycles. The summed E-state index contributed by atoms with van der Waals surface area (Å²) in [5, 5.41) is 10.2. The quantitative estimate of drug-likeness (QED) is 0.321. The predicted molar refractivity (Wildman–Crippen MR) is 130 cm³/mol. The van der Waals surface area contributed by atoms with E-state index in [1.165, 1.54) is 31.5 Å². The zero-order valence-corrected chi connectivity index (χ0v) is 20.5. The summed E-state index contributed by atoms with van der Waals surface area (Å²) in [6.45, 7) is 7.19. The third-order valence-electron chi connectivity index (χ3n) is 6.04. The van der Waals surface area contributed by atoms with Crippen molar-refractivity contribution in [2.45, 2.75) is 46.1 Å². The van der Waals surface area contributed by atoms with E-state index in [-0.39, 0.29) is 35.3 Å². The molecule has 0 fully saturated rings. The Morgan fingerprint density at radius 1 is 1.06 bits per heavy atom. The molecule has 0 saturated heterocycles. The van der Waals surface area contributed by atoms with Gasteiger partial charge in [-0.3, -0.25) is 9.59 Å². The molecule has 7 heteroatoms. The number of carbonyl (C=O) groups excluding carboxylic acids is 2. The van der Waals surface area contributed by atoms with Crippen molar-refractivity contribution in [3.8, 4) is 11.5 Å². The number of methoxy groups -OCH3 is 1. The third-order valence-corrected chi connectivity index (χ3v) is 6.04. The lowest BCUT2D eigenvalue weighted by molar-refractivity contribution is -0.153. The third kappa shape index (κ3) is 6.04. The summed E-state index contributed by atoms with van der Waals surface area (Å²) in [4.78, 5) is 29.6. The molecule has 1 heterocycles. The van der Waals surface area contributed by atoms with Gasteiger partial charge in [0, 0.05) is 24.6 Å². The fourth-order valence-electron chi connectivity index (χ4n) is 4.10. The number of rotatable bonds is 9. The number of aryl methyl sites for hydroxylation is 2. The minimum absolute atomic E-state index is 0.128. The molecule has 0 aliphatic heterocycles. The first-order valence-electron chi connectivity index (χ1n) is 11.4. The number of halogens is 1. The van der Waals surface area contributed by atoms with Crippen molar-refractivity contribution in [1.29, 1.82) is 0 Å². The van der Waals surface area contributed by atoms with E-state index in [9.17, 15) is 19.1 Å². The highest BCUT2D eigenvalue weighted by atomic mass is 19.1. The summed E-state index contributed by atoms with van der Waals surface area (Å²) in [6.07, 6.45) is 0.577. The average molecular weight is 480 g/mol. The minimum Gasteiger partial charge on any atom is -0.503 e. The van der Waals surface area contributed by atoms with Gasteiger partial charge in [-0.2, -0.15) is 0 Å². The number of ether oxygens (including phenoxy) is 2. The Kier molecular flexibility index (Phi) is 8.22. The molecule has 0 radical (unpaired) electrons. The molecule has 0 spiro atoms. The second kappa shape index (κ2) is 11.1. The monoisotopic (exact) mass is 479 g/mol. The highest BCUT2D eigenvalue weighted by Gasteiger charge is 2.29. The molecule has 35 heavy (non-hydrogen) atoms. The second-order valence-electron chi connectivity index (χ2n) is 8.77. The molecule has 3 rings (SSSR count). The maximum Gasteiger partial charge on any atom is 0.309 e.